The maximum Gasteiger partial charge on any atom is 0.256 e. The molecule has 0 aliphatic carbocycles. The van der Waals surface area contributed by atoms with Crippen molar-refractivity contribution in [2.24, 2.45) is 0 Å². The minimum Gasteiger partial charge on any atom is -0.337 e. The summed E-state index contributed by atoms with van der Waals surface area (Å²) < 4.78 is 5.66. The highest BCUT2D eigenvalue weighted by Crippen LogP contribution is 2.34. The van der Waals surface area contributed by atoms with Crippen molar-refractivity contribution < 1.29 is 9.32 Å². The molecule has 8 nitrogen and oxygen atoms in total. The van der Waals surface area contributed by atoms with Crippen LogP contribution in [0.15, 0.2) is 53.3 Å². The third kappa shape index (κ3) is 3.47. The fourth-order valence-corrected chi connectivity index (χ4v) is 4.23. The summed E-state index contributed by atoms with van der Waals surface area (Å²) in [5, 5.41) is 12.6. The van der Waals surface area contributed by atoms with Gasteiger partial charge in [0.05, 0.1) is 23.6 Å². The largest absolute Gasteiger partial charge is 0.337 e. The average Bonchev–Trinajstić information content (AvgIpc) is 3.56. The first-order chi connectivity index (χ1) is 15.5. The highest BCUT2D eigenvalue weighted by atomic mass is 16.5. The summed E-state index contributed by atoms with van der Waals surface area (Å²) in [4.78, 5) is 21.6. The molecule has 0 radical (unpaired) electrons. The van der Waals surface area contributed by atoms with Crippen LogP contribution < -0.4 is 0 Å². The lowest BCUT2D eigenvalue weighted by Crippen LogP contribution is -2.31. The van der Waals surface area contributed by atoms with Crippen LogP contribution in [0.5, 0.6) is 0 Å². The quantitative estimate of drug-likeness (QED) is 0.483. The Balaban J connectivity index is 1.48. The molecule has 1 amide bonds. The molecule has 0 N–H and O–H groups in total. The maximum absolute atomic E-state index is 13.6. The van der Waals surface area contributed by atoms with Crippen molar-refractivity contribution in [3.8, 4) is 17.1 Å². The second kappa shape index (κ2) is 8.03. The van der Waals surface area contributed by atoms with Crippen LogP contribution in [-0.2, 0) is 0 Å². The highest BCUT2D eigenvalue weighted by Gasteiger charge is 2.36. The summed E-state index contributed by atoms with van der Waals surface area (Å²) >= 11 is 0. The van der Waals surface area contributed by atoms with E-state index in [2.05, 4.69) is 40.3 Å². The van der Waals surface area contributed by atoms with Gasteiger partial charge in [0, 0.05) is 12.1 Å². The predicted octanol–water partition coefficient (Wildman–Crippen LogP) is 4.22. The number of hydrogen-bond acceptors (Lipinski definition) is 6. The third-order valence-corrected chi connectivity index (χ3v) is 6.10. The van der Waals surface area contributed by atoms with E-state index in [1.165, 1.54) is 10.4 Å². The van der Waals surface area contributed by atoms with Gasteiger partial charge in [-0.15, -0.1) is 0 Å². The Morgan fingerprint density at radius 2 is 1.91 bits per heavy atom. The molecule has 2 aromatic heterocycles. The fourth-order valence-electron chi connectivity index (χ4n) is 4.23. The molecule has 3 heterocycles. The molecule has 1 saturated heterocycles. The van der Waals surface area contributed by atoms with Crippen molar-refractivity contribution in [3.05, 3.63) is 76.9 Å². The van der Waals surface area contributed by atoms with Gasteiger partial charge < -0.3 is 9.42 Å². The number of aromatic nitrogens is 5. The molecule has 0 spiro atoms. The van der Waals surface area contributed by atoms with Crippen molar-refractivity contribution in [2.75, 3.05) is 6.54 Å². The van der Waals surface area contributed by atoms with E-state index in [1.54, 1.807) is 12.4 Å². The van der Waals surface area contributed by atoms with Crippen LogP contribution in [0, 0.1) is 20.8 Å². The van der Waals surface area contributed by atoms with E-state index in [4.69, 9.17) is 4.52 Å². The Morgan fingerprint density at radius 1 is 1.09 bits per heavy atom. The summed E-state index contributed by atoms with van der Waals surface area (Å²) in [6.45, 7) is 6.71. The van der Waals surface area contributed by atoms with E-state index in [0.29, 0.717) is 29.5 Å². The molecule has 162 valence electrons. The van der Waals surface area contributed by atoms with E-state index in [1.807, 2.05) is 42.2 Å². The van der Waals surface area contributed by atoms with E-state index < -0.39 is 0 Å². The number of benzene rings is 2. The fraction of sp³-hybridized carbons (Fsp3) is 0.292. The number of nitrogens with zero attached hydrogens (tertiary/aromatic N) is 6. The molecule has 2 aromatic carbocycles. The first-order valence-corrected chi connectivity index (χ1v) is 10.7. The molecule has 0 saturated carbocycles. The Labute approximate surface area is 185 Å². The van der Waals surface area contributed by atoms with Crippen LogP contribution in [0.4, 0.5) is 0 Å². The topological polar surface area (TPSA) is 89.9 Å². The van der Waals surface area contributed by atoms with Gasteiger partial charge in [-0.2, -0.15) is 20.0 Å². The lowest BCUT2D eigenvalue weighted by molar-refractivity contribution is 0.0709. The van der Waals surface area contributed by atoms with E-state index >= 15 is 0 Å². The molecule has 1 atom stereocenters. The summed E-state index contributed by atoms with van der Waals surface area (Å²) in [7, 11) is 0. The summed E-state index contributed by atoms with van der Waals surface area (Å²) in [5.41, 5.74) is 5.44. The smallest absolute Gasteiger partial charge is 0.256 e. The van der Waals surface area contributed by atoms with Gasteiger partial charge in [0.2, 0.25) is 11.7 Å². The second-order valence-electron chi connectivity index (χ2n) is 8.20. The third-order valence-electron chi connectivity index (χ3n) is 6.10. The minimum atomic E-state index is -0.257. The zero-order chi connectivity index (χ0) is 22.2. The second-order valence-corrected chi connectivity index (χ2v) is 8.20. The van der Waals surface area contributed by atoms with Gasteiger partial charge in [-0.25, -0.2) is 0 Å². The van der Waals surface area contributed by atoms with E-state index in [9.17, 15) is 4.79 Å². The van der Waals surface area contributed by atoms with Crippen LogP contribution >= 0.6 is 0 Å². The molecule has 8 heteroatoms. The number of hydrogen-bond donors (Lipinski definition) is 0. The van der Waals surface area contributed by atoms with Gasteiger partial charge in [-0.05, 0) is 56.9 Å². The Bertz CT molecular complexity index is 1280. The molecule has 32 heavy (non-hydrogen) atoms. The Morgan fingerprint density at radius 3 is 2.72 bits per heavy atom. The number of carbonyl (C=O) groups excluding carboxylic acids is 1. The molecular formula is C24H24N6O2. The Kier molecular flexibility index (Phi) is 5.05. The minimum absolute atomic E-state index is 0.0880. The lowest BCUT2D eigenvalue weighted by atomic mass is 10.0. The molecule has 1 aliphatic heterocycles. The summed E-state index contributed by atoms with van der Waals surface area (Å²) in [6.07, 6.45) is 4.85. The van der Waals surface area contributed by atoms with Crippen LogP contribution in [0.2, 0.25) is 0 Å². The van der Waals surface area contributed by atoms with Crippen molar-refractivity contribution >= 4 is 5.91 Å². The lowest BCUT2D eigenvalue weighted by Gasteiger charge is -2.23. The van der Waals surface area contributed by atoms with Gasteiger partial charge >= 0.3 is 0 Å². The summed E-state index contributed by atoms with van der Waals surface area (Å²) in [6, 6.07) is 11.5. The van der Waals surface area contributed by atoms with Crippen molar-refractivity contribution in [3.63, 3.8) is 0 Å². The average molecular weight is 428 g/mol. The van der Waals surface area contributed by atoms with E-state index in [-0.39, 0.29) is 11.9 Å². The molecule has 1 fully saturated rings. The number of rotatable bonds is 4. The number of aryl methyl sites for hydroxylation is 2. The van der Waals surface area contributed by atoms with Crippen LogP contribution in [0.25, 0.3) is 17.1 Å². The van der Waals surface area contributed by atoms with Crippen molar-refractivity contribution in [1.82, 2.24) is 30.0 Å². The molecular weight excluding hydrogens is 404 g/mol. The monoisotopic (exact) mass is 428 g/mol. The molecule has 4 aromatic rings. The first-order valence-electron chi connectivity index (χ1n) is 10.7. The van der Waals surface area contributed by atoms with Crippen LogP contribution in [0.1, 0.15) is 51.8 Å². The van der Waals surface area contributed by atoms with Crippen molar-refractivity contribution in [1.29, 1.82) is 0 Å². The Hall–Kier alpha value is -3.81. The van der Waals surface area contributed by atoms with Gasteiger partial charge in [0.15, 0.2) is 0 Å². The highest BCUT2D eigenvalue weighted by molar-refractivity contribution is 5.98. The number of amides is 1. The summed E-state index contributed by atoms with van der Waals surface area (Å²) in [5.74, 6) is 0.936. The number of carbonyl (C=O) groups is 1. The SMILES string of the molecule is Cc1ccc(-n2nccn2)c(C(=O)N2CCCC2c2nc(-c3cccc(C)c3C)no2)c1. The molecule has 0 bridgehead atoms. The van der Waals surface area contributed by atoms with Gasteiger partial charge in [-0.3, -0.25) is 4.79 Å². The molecule has 1 aliphatic rings. The number of likely N-dealkylation sites (tertiary alicyclic amines) is 1. The first kappa shape index (κ1) is 20.1. The van der Waals surface area contributed by atoms with Gasteiger partial charge in [0.25, 0.3) is 5.91 Å². The van der Waals surface area contributed by atoms with E-state index in [0.717, 1.165) is 29.5 Å². The zero-order valence-electron chi connectivity index (χ0n) is 18.3. The molecule has 1 unspecified atom stereocenters. The van der Waals surface area contributed by atoms with Crippen molar-refractivity contribution in [2.45, 2.75) is 39.7 Å². The van der Waals surface area contributed by atoms with Gasteiger partial charge in [0.1, 0.15) is 6.04 Å². The normalized spacial score (nSPS) is 16.0. The van der Waals surface area contributed by atoms with Gasteiger partial charge in [-0.1, -0.05) is 35.0 Å². The van der Waals surface area contributed by atoms with Crippen LogP contribution in [0.3, 0.4) is 0 Å². The molecule has 5 rings (SSSR count). The zero-order valence-corrected chi connectivity index (χ0v) is 18.3. The maximum atomic E-state index is 13.6. The van der Waals surface area contributed by atoms with Crippen LogP contribution in [-0.4, -0.2) is 42.5 Å². The standard InChI is InChI=1S/C24H24N6O2/c1-15-9-10-20(30-25-11-12-26-30)19(14-15)24(31)29-13-5-8-21(29)23-27-22(28-32-23)18-7-4-6-16(2)17(18)3/h4,6-7,9-12,14,21H,5,8,13H2,1-3H3. The predicted molar refractivity (Wildman–Crippen MR) is 118 cm³/mol.